The molecule has 0 spiro atoms. The second-order valence-electron chi connectivity index (χ2n) is 22.1. The van der Waals surface area contributed by atoms with E-state index in [-0.39, 0.29) is 86.7 Å². The van der Waals surface area contributed by atoms with Crippen molar-refractivity contribution in [2.75, 3.05) is 24.6 Å². The number of amides is 2. The second-order valence-corrected chi connectivity index (χ2v) is 24.5. The molecule has 0 fully saturated rings. The molecule has 4 aliphatic rings. The molecule has 0 aromatic carbocycles. The van der Waals surface area contributed by atoms with Gasteiger partial charge >= 0.3 is 0 Å². The van der Waals surface area contributed by atoms with Crippen molar-refractivity contribution in [3.63, 3.8) is 0 Å². The highest BCUT2D eigenvalue weighted by Gasteiger charge is 2.40. The number of carbonyl (C=O) groups excluding carboxylic acids is 7. The van der Waals surface area contributed by atoms with Crippen LogP contribution in [0.1, 0.15) is 136 Å². The van der Waals surface area contributed by atoms with Gasteiger partial charge in [0, 0.05) is 41.0 Å². The minimum Gasteiger partial charge on any atom is -0.384 e. The summed E-state index contributed by atoms with van der Waals surface area (Å²) in [6.07, 6.45) is 26.5. The number of carbonyl (C=O) groups is 7. The molecule has 2 amide bonds. The smallest absolute Gasteiger partial charge is 0.230 e. The van der Waals surface area contributed by atoms with Crippen molar-refractivity contribution in [2.45, 2.75) is 153 Å². The van der Waals surface area contributed by atoms with Crippen LogP contribution in [-0.2, 0) is 33.6 Å². The molecular formula is C64H82N2O8S2. The van der Waals surface area contributed by atoms with E-state index in [1.165, 1.54) is 29.1 Å². The quantitative estimate of drug-likeness (QED) is 0.0745. The van der Waals surface area contributed by atoms with Crippen LogP contribution in [0.25, 0.3) is 0 Å². The number of allylic oxidation sites excluding steroid dienone is 24. The molecule has 0 bridgehead atoms. The Kier molecular flexibility index (Phi) is 22.8. The molecule has 0 radical (unpaired) electrons. The number of aliphatic hydroxyl groups excluding tert-OH is 1. The number of Topliss-reactive ketones (excluding diaryl/α,β-unsaturated/α-hetero) is 5. The number of aliphatic hydroxyl groups is 1. The number of nitrogens with one attached hydrogen (secondary N) is 2. The molecule has 0 aromatic heterocycles. The Balaban J connectivity index is 1.22. The summed E-state index contributed by atoms with van der Waals surface area (Å²) in [7, 11) is 0. The SMILES string of the molecule is CC1=C(C)C(=O)C(CNC(=O)CSC2CC(C)(C)C(CC/C(C)=C/C=C/C(C)=C/C=C/C=C(C)/C=C/C=C(C)/C=C/C3=C(C)C(=O)C(SCC(=O)NCC4=C(C)C(O)C(C)=C(C)C4=O)CC3(C)C)=C(C)C2=O)=C(C)C1=O. The molecule has 4 aliphatic carbocycles. The molecule has 0 saturated carbocycles. The zero-order valence-corrected chi connectivity index (χ0v) is 49.6. The van der Waals surface area contributed by atoms with E-state index in [0.717, 1.165) is 46.3 Å². The lowest BCUT2D eigenvalue weighted by molar-refractivity contribution is -0.119. The van der Waals surface area contributed by atoms with Crippen LogP contribution in [0, 0.1) is 10.8 Å². The van der Waals surface area contributed by atoms with Gasteiger partial charge in [-0.1, -0.05) is 128 Å². The van der Waals surface area contributed by atoms with Crippen molar-refractivity contribution in [1.29, 1.82) is 0 Å². The first-order chi connectivity index (χ1) is 35.5. The Morgan fingerprint density at radius 3 is 1.58 bits per heavy atom. The first-order valence-corrected chi connectivity index (χ1v) is 28.3. The molecule has 0 heterocycles. The molecule has 0 saturated heterocycles. The van der Waals surface area contributed by atoms with Crippen LogP contribution in [0.4, 0.5) is 0 Å². The number of hydrogen-bond acceptors (Lipinski definition) is 10. The maximum Gasteiger partial charge on any atom is 0.230 e. The summed E-state index contributed by atoms with van der Waals surface area (Å²) < 4.78 is 0. The van der Waals surface area contributed by atoms with Crippen molar-refractivity contribution >= 4 is 64.3 Å². The van der Waals surface area contributed by atoms with Crippen LogP contribution < -0.4 is 10.6 Å². The first kappa shape index (κ1) is 62.8. The summed E-state index contributed by atoms with van der Waals surface area (Å²) in [5, 5.41) is 15.4. The fourth-order valence-corrected chi connectivity index (χ4v) is 12.5. The van der Waals surface area contributed by atoms with Gasteiger partial charge in [0.25, 0.3) is 0 Å². The Morgan fingerprint density at radius 1 is 0.553 bits per heavy atom. The Labute approximate surface area is 461 Å². The van der Waals surface area contributed by atoms with E-state index >= 15 is 0 Å². The van der Waals surface area contributed by atoms with Gasteiger partial charge < -0.3 is 15.7 Å². The van der Waals surface area contributed by atoms with E-state index in [0.29, 0.717) is 63.0 Å². The number of rotatable bonds is 21. The number of ketones is 5. The molecule has 408 valence electrons. The second kappa shape index (κ2) is 27.6. The third-order valence-electron chi connectivity index (χ3n) is 15.3. The van der Waals surface area contributed by atoms with Gasteiger partial charge in [-0.3, -0.25) is 33.6 Å². The van der Waals surface area contributed by atoms with E-state index in [1.54, 1.807) is 41.5 Å². The zero-order valence-electron chi connectivity index (χ0n) is 47.9. The van der Waals surface area contributed by atoms with Crippen LogP contribution in [-0.4, -0.2) is 87.0 Å². The van der Waals surface area contributed by atoms with Crippen molar-refractivity contribution in [3.8, 4) is 0 Å². The van der Waals surface area contributed by atoms with Crippen molar-refractivity contribution in [3.05, 3.63) is 162 Å². The molecular weight excluding hydrogens is 989 g/mol. The average Bonchev–Trinajstić information content (AvgIpc) is 3.36. The summed E-state index contributed by atoms with van der Waals surface area (Å²) in [5.74, 6) is -0.817. The minimum absolute atomic E-state index is 0.0126. The molecule has 3 N–H and O–H groups in total. The normalized spacial score (nSPS) is 22.7. The van der Waals surface area contributed by atoms with Gasteiger partial charge in [-0.05, 0) is 153 Å². The van der Waals surface area contributed by atoms with Gasteiger partial charge in [0.2, 0.25) is 11.8 Å². The molecule has 0 aromatic rings. The highest BCUT2D eigenvalue weighted by atomic mass is 32.2. The summed E-state index contributed by atoms with van der Waals surface area (Å²) in [6, 6.07) is 0. The van der Waals surface area contributed by atoms with Gasteiger partial charge in [-0.25, -0.2) is 0 Å². The fraction of sp³-hybridized carbons (Fsp3) is 0.453. The maximum atomic E-state index is 13.5. The van der Waals surface area contributed by atoms with Crippen LogP contribution in [0.15, 0.2) is 162 Å². The van der Waals surface area contributed by atoms with Crippen molar-refractivity contribution in [1.82, 2.24) is 10.6 Å². The van der Waals surface area contributed by atoms with E-state index in [9.17, 15) is 38.7 Å². The lowest BCUT2D eigenvalue weighted by Crippen LogP contribution is -2.37. The zero-order chi connectivity index (χ0) is 57.0. The summed E-state index contributed by atoms with van der Waals surface area (Å²) in [6.45, 7) is 30.7. The van der Waals surface area contributed by atoms with E-state index in [1.807, 2.05) is 76.3 Å². The molecule has 76 heavy (non-hydrogen) atoms. The van der Waals surface area contributed by atoms with E-state index < -0.39 is 6.10 Å². The molecule has 3 atom stereocenters. The number of hydrogen-bond donors (Lipinski definition) is 3. The highest BCUT2D eigenvalue weighted by Crippen LogP contribution is 2.45. The molecule has 0 aliphatic heterocycles. The highest BCUT2D eigenvalue weighted by molar-refractivity contribution is 8.01. The summed E-state index contributed by atoms with van der Waals surface area (Å²) in [5.41, 5.74) is 11.2. The van der Waals surface area contributed by atoms with Crippen LogP contribution >= 0.6 is 23.5 Å². The lowest BCUT2D eigenvalue weighted by Gasteiger charge is -2.38. The van der Waals surface area contributed by atoms with Gasteiger partial charge in [0.1, 0.15) is 0 Å². The summed E-state index contributed by atoms with van der Waals surface area (Å²) >= 11 is 2.66. The number of thioether (sulfide) groups is 2. The Bertz CT molecular complexity index is 2870. The predicted octanol–water partition coefficient (Wildman–Crippen LogP) is 12.2. The van der Waals surface area contributed by atoms with Gasteiger partial charge in [0.15, 0.2) is 28.9 Å². The standard InChI is InChI=1S/C64H82N2O8S2/c1-37(23-19-25-39(3)27-29-51-47(11)61(73)53(31-63(51,13)14)75-35-55(67)65-33-49-45(9)57(69)41(5)43(7)59(49)71)21-17-18-22-38(2)24-20-26-40(4)28-30-52-48(12)62(74)54(32-64(52,15)16)76-36-56(68)66-34-50-46(10)58(70)42(6)44(8)60(50)72/h17-27,29,53-54,57,69H,28,30-36H2,1-16H3,(H,65,67)(H,66,68)/b18-17+,23-19+,24-20+,29-27+,37-21+,38-22+,39-25+,40-26+. The Morgan fingerprint density at radius 2 is 1.01 bits per heavy atom. The van der Waals surface area contributed by atoms with E-state index in [2.05, 4.69) is 76.5 Å². The van der Waals surface area contributed by atoms with Gasteiger partial charge in [-0.2, -0.15) is 0 Å². The van der Waals surface area contributed by atoms with Gasteiger partial charge in [-0.15, -0.1) is 23.5 Å². The van der Waals surface area contributed by atoms with Gasteiger partial charge in [0.05, 0.1) is 28.1 Å². The topological polar surface area (TPSA) is 164 Å². The largest absolute Gasteiger partial charge is 0.384 e. The maximum absolute atomic E-state index is 13.5. The van der Waals surface area contributed by atoms with Crippen LogP contribution in [0.5, 0.6) is 0 Å². The molecule has 4 rings (SSSR count). The molecule has 10 nitrogen and oxygen atoms in total. The van der Waals surface area contributed by atoms with Crippen molar-refractivity contribution in [2.24, 2.45) is 10.8 Å². The van der Waals surface area contributed by atoms with Crippen LogP contribution in [0.2, 0.25) is 0 Å². The molecule has 12 heteroatoms. The third kappa shape index (κ3) is 16.4. The first-order valence-electron chi connectivity index (χ1n) is 26.2. The fourth-order valence-electron chi connectivity index (χ4n) is 9.88. The average molecular weight is 1070 g/mol. The molecule has 3 unspecified atom stereocenters. The van der Waals surface area contributed by atoms with Crippen molar-refractivity contribution < 1.29 is 38.7 Å². The third-order valence-corrected chi connectivity index (χ3v) is 17.7. The van der Waals surface area contributed by atoms with E-state index in [4.69, 9.17) is 0 Å². The van der Waals surface area contributed by atoms with Crippen LogP contribution in [0.3, 0.4) is 0 Å². The predicted molar refractivity (Wildman–Crippen MR) is 315 cm³/mol. The summed E-state index contributed by atoms with van der Waals surface area (Å²) in [4.78, 5) is 90.9. The Hall–Kier alpha value is -5.69. The monoisotopic (exact) mass is 1070 g/mol. The lowest BCUT2D eigenvalue weighted by atomic mass is 9.70. The minimum atomic E-state index is -0.830.